The summed E-state index contributed by atoms with van der Waals surface area (Å²) in [5, 5.41) is 22.5. The minimum Gasteiger partial charge on any atom is -0.508 e. The molecule has 3 N–H and O–H groups in total. The average Bonchev–Trinajstić information content (AvgIpc) is 2.36. The first-order valence-corrected chi connectivity index (χ1v) is 7.22. The van der Waals surface area contributed by atoms with Crippen molar-refractivity contribution in [3.63, 3.8) is 0 Å². The number of rotatable bonds is 8. The summed E-state index contributed by atoms with van der Waals surface area (Å²) in [5.41, 5.74) is 2.00. The summed E-state index contributed by atoms with van der Waals surface area (Å²) in [4.78, 5) is 0. The van der Waals surface area contributed by atoms with Gasteiger partial charge in [-0.2, -0.15) is 0 Å². The molecule has 0 fully saturated rings. The number of aliphatic hydroxyl groups is 1. The minimum absolute atomic E-state index is 0.124. The topological polar surface area (TPSA) is 52.5 Å². The van der Waals surface area contributed by atoms with Crippen molar-refractivity contribution < 1.29 is 10.2 Å². The van der Waals surface area contributed by atoms with E-state index in [9.17, 15) is 5.11 Å². The van der Waals surface area contributed by atoms with Gasteiger partial charge >= 0.3 is 0 Å². The Kier molecular flexibility index (Phi) is 6.89. The van der Waals surface area contributed by atoms with E-state index in [0.29, 0.717) is 11.7 Å². The van der Waals surface area contributed by atoms with Crippen molar-refractivity contribution in [2.24, 2.45) is 5.92 Å². The normalized spacial score (nSPS) is 14.3. The molecule has 0 bridgehead atoms. The van der Waals surface area contributed by atoms with Gasteiger partial charge in [0, 0.05) is 18.2 Å². The second-order valence-electron chi connectivity index (χ2n) is 5.36. The van der Waals surface area contributed by atoms with Crippen LogP contribution < -0.4 is 5.32 Å². The van der Waals surface area contributed by atoms with Crippen molar-refractivity contribution in [2.45, 2.75) is 46.1 Å². The number of aliphatic hydroxyl groups excluding tert-OH is 1. The molecule has 0 spiro atoms. The second-order valence-corrected chi connectivity index (χ2v) is 5.36. The molecule has 0 heterocycles. The lowest BCUT2D eigenvalue weighted by Crippen LogP contribution is -2.26. The Morgan fingerprint density at radius 3 is 2.58 bits per heavy atom. The molecule has 0 radical (unpaired) electrons. The lowest BCUT2D eigenvalue weighted by molar-refractivity contribution is 0.245. The number of hydrogen-bond acceptors (Lipinski definition) is 3. The molecule has 0 saturated heterocycles. The van der Waals surface area contributed by atoms with Crippen molar-refractivity contribution >= 4 is 0 Å². The van der Waals surface area contributed by atoms with Crippen LogP contribution in [0.25, 0.3) is 0 Å². The molecular formula is C16H27NO2. The highest BCUT2D eigenvalue weighted by molar-refractivity contribution is 5.37. The van der Waals surface area contributed by atoms with E-state index >= 15 is 0 Å². The van der Waals surface area contributed by atoms with E-state index < -0.39 is 0 Å². The monoisotopic (exact) mass is 265 g/mol. The van der Waals surface area contributed by atoms with Gasteiger partial charge in [-0.15, -0.1) is 0 Å². The van der Waals surface area contributed by atoms with Gasteiger partial charge < -0.3 is 15.5 Å². The molecule has 0 aromatic heterocycles. The summed E-state index contributed by atoms with van der Waals surface area (Å²) in [5.74, 6) is 0.860. The molecule has 1 aromatic carbocycles. The third-order valence-electron chi connectivity index (χ3n) is 3.60. The maximum Gasteiger partial charge on any atom is 0.120 e. The van der Waals surface area contributed by atoms with Gasteiger partial charge in [0.1, 0.15) is 5.75 Å². The molecular weight excluding hydrogens is 238 g/mol. The van der Waals surface area contributed by atoms with Crippen LogP contribution in [0.4, 0.5) is 0 Å². The molecule has 19 heavy (non-hydrogen) atoms. The van der Waals surface area contributed by atoms with Crippen LogP contribution in [0, 0.1) is 12.8 Å². The molecule has 3 nitrogen and oxygen atoms in total. The van der Waals surface area contributed by atoms with E-state index in [1.807, 2.05) is 19.1 Å². The maximum atomic E-state index is 9.95. The Balaban J connectivity index is 2.55. The number of hydrogen-bond donors (Lipinski definition) is 3. The van der Waals surface area contributed by atoms with Crippen LogP contribution in [0.2, 0.25) is 0 Å². The lowest BCUT2D eigenvalue weighted by atomic mass is 9.99. The Morgan fingerprint density at radius 1 is 1.26 bits per heavy atom. The van der Waals surface area contributed by atoms with Gasteiger partial charge in [0.15, 0.2) is 0 Å². The van der Waals surface area contributed by atoms with Crippen LogP contribution in [-0.4, -0.2) is 23.4 Å². The van der Waals surface area contributed by atoms with Gasteiger partial charge in [-0.1, -0.05) is 25.5 Å². The summed E-state index contributed by atoms with van der Waals surface area (Å²) >= 11 is 0. The van der Waals surface area contributed by atoms with Gasteiger partial charge in [-0.3, -0.25) is 0 Å². The molecule has 108 valence electrons. The summed E-state index contributed by atoms with van der Waals surface area (Å²) in [7, 11) is 0. The molecule has 0 aliphatic rings. The number of phenols is 1. The Labute approximate surface area is 116 Å². The number of aryl methyl sites for hydroxylation is 1. The Morgan fingerprint density at radius 2 is 2.00 bits per heavy atom. The molecule has 0 amide bonds. The third kappa shape index (κ3) is 5.21. The van der Waals surface area contributed by atoms with Crippen LogP contribution in [0.15, 0.2) is 18.2 Å². The number of aromatic hydroxyl groups is 1. The largest absolute Gasteiger partial charge is 0.508 e. The summed E-state index contributed by atoms with van der Waals surface area (Å²) in [6.07, 6.45) is 3.10. The van der Waals surface area contributed by atoms with Crippen LogP contribution in [0.5, 0.6) is 5.75 Å². The highest BCUT2D eigenvalue weighted by Gasteiger charge is 2.13. The zero-order valence-corrected chi connectivity index (χ0v) is 12.3. The second kappa shape index (κ2) is 8.18. The molecule has 1 aromatic rings. The Hall–Kier alpha value is -1.06. The summed E-state index contributed by atoms with van der Waals surface area (Å²) in [6, 6.07) is 5.91. The minimum atomic E-state index is 0.124. The predicted molar refractivity (Wildman–Crippen MR) is 79.4 cm³/mol. The number of benzene rings is 1. The van der Waals surface area contributed by atoms with Crippen molar-refractivity contribution in [3.8, 4) is 5.75 Å². The number of phenolic OH excluding ortho intramolecular Hbond substituents is 1. The number of nitrogens with one attached hydrogen (secondary N) is 1. The maximum absolute atomic E-state index is 9.95. The van der Waals surface area contributed by atoms with Crippen LogP contribution >= 0.6 is 0 Å². The molecule has 3 heteroatoms. The smallest absolute Gasteiger partial charge is 0.120 e. The van der Waals surface area contributed by atoms with Gasteiger partial charge in [-0.05, 0) is 50.8 Å². The van der Waals surface area contributed by atoms with Crippen molar-refractivity contribution in [1.82, 2.24) is 5.32 Å². The van der Waals surface area contributed by atoms with Gasteiger partial charge in [0.05, 0.1) is 0 Å². The van der Waals surface area contributed by atoms with Gasteiger partial charge in [0.25, 0.3) is 0 Å². The van der Waals surface area contributed by atoms with Crippen LogP contribution in [-0.2, 0) is 0 Å². The quantitative estimate of drug-likeness (QED) is 0.677. The molecule has 0 aliphatic heterocycles. The fourth-order valence-electron chi connectivity index (χ4n) is 2.41. The van der Waals surface area contributed by atoms with Gasteiger partial charge in [0.2, 0.25) is 0 Å². The molecule has 0 saturated carbocycles. The van der Waals surface area contributed by atoms with E-state index in [1.165, 1.54) is 0 Å². The van der Waals surface area contributed by atoms with E-state index in [4.69, 9.17) is 5.11 Å². The van der Waals surface area contributed by atoms with E-state index in [-0.39, 0.29) is 12.6 Å². The lowest BCUT2D eigenvalue weighted by Gasteiger charge is -2.21. The van der Waals surface area contributed by atoms with E-state index in [2.05, 4.69) is 19.2 Å². The zero-order chi connectivity index (χ0) is 14.3. The van der Waals surface area contributed by atoms with Crippen molar-refractivity contribution in [3.05, 3.63) is 29.3 Å². The fourth-order valence-corrected chi connectivity index (χ4v) is 2.41. The average molecular weight is 265 g/mol. The summed E-state index contributed by atoms with van der Waals surface area (Å²) < 4.78 is 0. The molecule has 2 unspecified atom stereocenters. The predicted octanol–water partition coefficient (Wildman–Crippen LogP) is 3.15. The standard InChI is InChI=1S/C16H27NO2/c1-4-5-14(8-9-18)11-17-13(3)15-7-6-12(2)10-16(15)19/h6-7,10,13-14,17-19H,4-5,8-9,11H2,1-3H3. The SMILES string of the molecule is CCCC(CCO)CNC(C)c1ccc(C)cc1O. The van der Waals surface area contributed by atoms with Crippen molar-refractivity contribution in [2.75, 3.05) is 13.2 Å². The van der Waals surface area contributed by atoms with E-state index in [0.717, 1.165) is 36.9 Å². The molecule has 1 rings (SSSR count). The van der Waals surface area contributed by atoms with E-state index in [1.54, 1.807) is 6.07 Å². The molecule has 0 aliphatic carbocycles. The molecule has 2 atom stereocenters. The van der Waals surface area contributed by atoms with Crippen LogP contribution in [0.1, 0.15) is 50.3 Å². The first-order chi connectivity index (χ1) is 9.08. The fraction of sp³-hybridized carbons (Fsp3) is 0.625. The highest BCUT2D eigenvalue weighted by Crippen LogP contribution is 2.25. The first kappa shape index (κ1) is 16.0. The Bertz CT molecular complexity index is 373. The van der Waals surface area contributed by atoms with Crippen molar-refractivity contribution in [1.29, 1.82) is 0 Å². The third-order valence-corrected chi connectivity index (χ3v) is 3.60. The first-order valence-electron chi connectivity index (χ1n) is 7.22. The highest BCUT2D eigenvalue weighted by atomic mass is 16.3. The summed E-state index contributed by atoms with van der Waals surface area (Å²) in [6.45, 7) is 7.32. The van der Waals surface area contributed by atoms with Gasteiger partial charge in [-0.25, -0.2) is 0 Å². The van der Waals surface area contributed by atoms with Crippen LogP contribution in [0.3, 0.4) is 0 Å². The zero-order valence-electron chi connectivity index (χ0n) is 12.3.